The first kappa shape index (κ1) is 15.4. The van der Waals surface area contributed by atoms with Gasteiger partial charge in [0.05, 0.1) is 17.9 Å². The molecule has 0 amide bonds. The molecule has 112 valence electrons. The van der Waals surface area contributed by atoms with E-state index in [2.05, 4.69) is 17.3 Å². The van der Waals surface area contributed by atoms with Crippen LogP contribution in [0.15, 0.2) is 11.0 Å². The molecule has 2 unspecified atom stereocenters. The highest BCUT2D eigenvalue weighted by molar-refractivity contribution is 6.32. The van der Waals surface area contributed by atoms with Crippen molar-refractivity contribution in [1.29, 1.82) is 0 Å². The molecule has 1 heterocycles. The predicted octanol–water partition coefficient (Wildman–Crippen LogP) is 3.86. The lowest BCUT2D eigenvalue weighted by Crippen LogP contribution is -2.30. The summed E-state index contributed by atoms with van der Waals surface area (Å²) >= 11 is 6.21. The Bertz CT molecular complexity index is 512. The molecule has 0 aromatic carbocycles. The van der Waals surface area contributed by atoms with Gasteiger partial charge >= 0.3 is 0 Å². The maximum Gasteiger partial charge on any atom is 0.287 e. The lowest BCUT2D eigenvalue weighted by atomic mass is 9.97. The van der Waals surface area contributed by atoms with Crippen molar-refractivity contribution < 1.29 is 0 Å². The number of rotatable bonds is 3. The molecule has 1 aliphatic carbocycles. The number of nitrogens with zero attached hydrogens (tertiary/aromatic N) is 2. The highest BCUT2D eigenvalue weighted by Gasteiger charge is 2.21. The Morgan fingerprint density at radius 1 is 1.35 bits per heavy atom. The van der Waals surface area contributed by atoms with Crippen LogP contribution >= 0.6 is 11.6 Å². The molecule has 1 aromatic heterocycles. The standard InChI is InChI=1S/C15H24ClN3O/c1-10(2)19-15(20)14(16)13(9-17-19)18-12-8-6-4-5-7-11(12)3/h9-12,18H,4-8H2,1-3H3. The van der Waals surface area contributed by atoms with Gasteiger partial charge in [-0.1, -0.05) is 37.8 Å². The van der Waals surface area contributed by atoms with Gasteiger partial charge < -0.3 is 5.32 Å². The van der Waals surface area contributed by atoms with E-state index in [-0.39, 0.29) is 16.6 Å². The maximum atomic E-state index is 12.2. The van der Waals surface area contributed by atoms with Gasteiger partial charge in [-0.3, -0.25) is 4.79 Å². The highest BCUT2D eigenvalue weighted by atomic mass is 35.5. The molecule has 2 rings (SSSR count). The molecule has 0 saturated heterocycles. The number of aromatic nitrogens is 2. The van der Waals surface area contributed by atoms with Gasteiger partial charge in [-0.2, -0.15) is 5.10 Å². The highest BCUT2D eigenvalue weighted by Crippen LogP contribution is 2.27. The van der Waals surface area contributed by atoms with E-state index < -0.39 is 0 Å². The van der Waals surface area contributed by atoms with Gasteiger partial charge in [0.2, 0.25) is 0 Å². The van der Waals surface area contributed by atoms with Crippen LogP contribution in [0.4, 0.5) is 5.69 Å². The minimum absolute atomic E-state index is 0.0193. The Labute approximate surface area is 125 Å². The Morgan fingerprint density at radius 3 is 2.75 bits per heavy atom. The normalized spacial score (nSPS) is 23.6. The monoisotopic (exact) mass is 297 g/mol. The zero-order valence-corrected chi connectivity index (χ0v) is 13.3. The van der Waals surface area contributed by atoms with E-state index in [9.17, 15) is 4.79 Å². The molecule has 1 aliphatic rings. The molecule has 5 heteroatoms. The largest absolute Gasteiger partial charge is 0.379 e. The van der Waals surface area contributed by atoms with Gasteiger partial charge in [-0.25, -0.2) is 4.68 Å². The van der Waals surface area contributed by atoms with Crippen LogP contribution in [0.25, 0.3) is 0 Å². The second-order valence-electron chi connectivity index (χ2n) is 6.08. The first-order valence-electron chi connectivity index (χ1n) is 7.54. The summed E-state index contributed by atoms with van der Waals surface area (Å²) in [6, 6.07) is 0.400. The molecule has 1 N–H and O–H groups in total. The SMILES string of the molecule is CC1CCCCCC1Nc1cnn(C(C)C)c(=O)c1Cl. The van der Waals surface area contributed by atoms with Crippen molar-refractivity contribution in [3.8, 4) is 0 Å². The Kier molecular flexibility index (Phi) is 5.08. The van der Waals surface area contributed by atoms with E-state index in [0.29, 0.717) is 17.6 Å². The van der Waals surface area contributed by atoms with Gasteiger partial charge in [0.1, 0.15) is 5.02 Å². The minimum atomic E-state index is -0.215. The Morgan fingerprint density at radius 2 is 2.05 bits per heavy atom. The predicted molar refractivity (Wildman–Crippen MR) is 83.6 cm³/mol. The fourth-order valence-corrected chi connectivity index (χ4v) is 3.01. The van der Waals surface area contributed by atoms with Crippen molar-refractivity contribution in [2.75, 3.05) is 5.32 Å². The lowest BCUT2D eigenvalue weighted by Gasteiger charge is -2.24. The third kappa shape index (κ3) is 3.35. The van der Waals surface area contributed by atoms with Crippen LogP contribution in [0.2, 0.25) is 5.02 Å². The summed E-state index contributed by atoms with van der Waals surface area (Å²) in [5.74, 6) is 0.598. The topological polar surface area (TPSA) is 46.9 Å². The third-order valence-electron chi connectivity index (χ3n) is 4.14. The van der Waals surface area contributed by atoms with Crippen molar-refractivity contribution in [1.82, 2.24) is 9.78 Å². The van der Waals surface area contributed by atoms with Gasteiger partial charge in [0.25, 0.3) is 5.56 Å². The van der Waals surface area contributed by atoms with Crippen molar-refractivity contribution in [3.05, 3.63) is 21.6 Å². The zero-order chi connectivity index (χ0) is 14.7. The number of hydrogen-bond donors (Lipinski definition) is 1. The van der Waals surface area contributed by atoms with E-state index >= 15 is 0 Å². The second kappa shape index (κ2) is 6.61. The first-order valence-corrected chi connectivity index (χ1v) is 7.92. The molecule has 0 aliphatic heterocycles. The minimum Gasteiger partial charge on any atom is -0.379 e. The van der Waals surface area contributed by atoms with E-state index in [1.807, 2.05) is 13.8 Å². The third-order valence-corrected chi connectivity index (χ3v) is 4.50. The van der Waals surface area contributed by atoms with Crippen LogP contribution < -0.4 is 10.9 Å². The Hall–Kier alpha value is -1.03. The van der Waals surface area contributed by atoms with E-state index in [0.717, 1.165) is 6.42 Å². The van der Waals surface area contributed by atoms with Crippen LogP contribution in [0.3, 0.4) is 0 Å². The van der Waals surface area contributed by atoms with Crippen molar-refractivity contribution in [3.63, 3.8) is 0 Å². The van der Waals surface area contributed by atoms with E-state index in [4.69, 9.17) is 11.6 Å². The molecule has 20 heavy (non-hydrogen) atoms. The number of anilines is 1. The quantitative estimate of drug-likeness (QED) is 0.862. The lowest BCUT2D eigenvalue weighted by molar-refractivity contribution is 0.455. The molecular formula is C15H24ClN3O. The van der Waals surface area contributed by atoms with Crippen molar-refractivity contribution in [2.45, 2.75) is 65.0 Å². The molecule has 1 aromatic rings. The van der Waals surface area contributed by atoms with E-state index in [1.54, 1.807) is 6.20 Å². The molecule has 4 nitrogen and oxygen atoms in total. The average molecular weight is 298 g/mol. The van der Waals surface area contributed by atoms with Gasteiger partial charge in [0, 0.05) is 6.04 Å². The number of halogens is 1. The molecule has 1 saturated carbocycles. The summed E-state index contributed by atoms with van der Waals surface area (Å²) in [7, 11) is 0. The van der Waals surface area contributed by atoms with E-state index in [1.165, 1.54) is 30.4 Å². The van der Waals surface area contributed by atoms with Gasteiger partial charge in [0.15, 0.2) is 0 Å². The maximum absolute atomic E-state index is 12.2. The smallest absolute Gasteiger partial charge is 0.287 e. The van der Waals surface area contributed by atoms with Crippen molar-refractivity contribution in [2.24, 2.45) is 5.92 Å². The molecule has 0 bridgehead atoms. The molecule has 0 radical (unpaired) electrons. The fraction of sp³-hybridized carbons (Fsp3) is 0.733. The van der Waals surface area contributed by atoms with Crippen LogP contribution in [-0.4, -0.2) is 15.8 Å². The summed E-state index contributed by atoms with van der Waals surface area (Å²) in [6.45, 7) is 6.11. The second-order valence-corrected chi connectivity index (χ2v) is 6.46. The molecule has 0 spiro atoms. The van der Waals surface area contributed by atoms with Crippen LogP contribution in [0.1, 0.15) is 58.9 Å². The van der Waals surface area contributed by atoms with Gasteiger partial charge in [-0.15, -0.1) is 0 Å². The summed E-state index contributed by atoms with van der Waals surface area (Å²) in [4.78, 5) is 12.2. The summed E-state index contributed by atoms with van der Waals surface area (Å²) < 4.78 is 1.42. The van der Waals surface area contributed by atoms with Crippen LogP contribution in [-0.2, 0) is 0 Å². The first-order chi connectivity index (χ1) is 9.50. The number of nitrogens with one attached hydrogen (secondary N) is 1. The van der Waals surface area contributed by atoms with Gasteiger partial charge in [-0.05, 0) is 32.6 Å². The molecule has 1 fully saturated rings. The van der Waals surface area contributed by atoms with Crippen LogP contribution in [0.5, 0.6) is 0 Å². The zero-order valence-electron chi connectivity index (χ0n) is 12.5. The fourth-order valence-electron chi connectivity index (χ4n) is 2.82. The molecular weight excluding hydrogens is 274 g/mol. The Balaban J connectivity index is 2.21. The summed E-state index contributed by atoms with van der Waals surface area (Å²) in [5.41, 5.74) is 0.459. The number of hydrogen-bond acceptors (Lipinski definition) is 3. The average Bonchev–Trinajstić information content (AvgIpc) is 2.60. The summed E-state index contributed by atoms with van der Waals surface area (Å²) in [5, 5.41) is 7.90. The molecule has 2 atom stereocenters. The van der Waals surface area contributed by atoms with Crippen molar-refractivity contribution >= 4 is 17.3 Å². The van der Waals surface area contributed by atoms with Crippen LogP contribution in [0, 0.1) is 5.92 Å². The summed E-state index contributed by atoms with van der Waals surface area (Å²) in [6.07, 6.45) is 7.86.